The van der Waals surface area contributed by atoms with Crippen LogP contribution in [0.2, 0.25) is 0 Å². The summed E-state index contributed by atoms with van der Waals surface area (Å²) >= 11 is 0. The number of carbonyl (C=O) groups is 1. The Morgan fingerprint density at radius 2 is 2.12 bits per heavy atom. The van der Waals surface area contributed by atoms with E-state index in [0.29, 0.717) is 18.5 Å². The van der Waals surface area contributed by atoms with Crippen LogP contribution < -0.4 is 10.6 Å². The van der Waals surface area contributed by atoms with E-state index in [1.165, 1.54) is 0 Å². The summed E-state index contributed by atoms with van der Waals surface area (Å²) in [5, 5.41) is 22.4. The van der Waals surface area contributed by atoms with Crippen molar-refractivity contribution in [2.75, 3.05) is 19.7 Å². The van der Waals surface area contributed by atoms with E-state index in [9.17, 15) is 4.79 Å². The molecule has 0 bridgehead atoms. The number of carbonyl (C=O) groups excluding carboxylic acids is 1. The number of nitrogens with zero attached hydrogens (tertiary/aromatic N) is 1. The molecule has 1 rings (SSSR count). The molecule has 1 aromatic carbocycles. The summed E-state index contributed by atoms with van der Waals surface area (Å²) in [4.78, 5) is 11.1. The fourth-order valence-corrected chi connectivity index (χ4v) is 1.35. The van der Waals surface area contributed by atoms with Gasteiger partial charge in [-0.15, -0.1) is 0 Å². The van der Waals surface area contributed by atoms with E-state index in [1.807, 2.05) is 12.1 Å². The van der Waals surface area contributed by atoms with E-state index >= 15 is 0 Å². The lowest BCUT2D eigenvalue weighted by Crippen LogP contribution is -2.37. The van der Waals surface area contributed by atoms with Crippen LogP contribution in [0.5, 0.6) is 0 Å². The highest BCUT2D eigenvalue weighted by molar-refractivity contribution is 5.73. The molecule has 0 heterocycles. The maximum Gasteiger partial charge on any atom is 0.314 e. The topological polar surface area (TPSA) is 85.2 Å². The van der Waals surface area contributed by atoms with Gasteiger partial charge < -0.3 is 15.7 Å². The molecule has 0 atom stereocenters. The molecule has 0 saturated carbocycles. The molecule has 0 fully saturated rings. The number of rotatable bonds is 5. The zero-order chi connectivity index (χ0) is 12.5. The summed E-state index contributed by atoms with van der Waals surface area (Å²) in [5.74, 6) is 0. The summed E-state index contributed by atoms with van der Waals surface area (Å²) < 4.78 is 0. The van der Waals surface area contributed by atoms with Crippen molar-refractivity contribution in [1.29, 1.82) is 5.26 Å². The van der Waals surface area contributed by atoms with Gasteiger partial charge in [-0.2, -0.15) is 5.26 Å². The smallest absolute Gasteiger partial charge is 0.314 e. The lowest BCUT2D eigenvalue weighted by Gasteiger charge is -2.06. The summed E-state index contributed by atoms with van der Waals surface area (Å²) in [5.41, 5.74) is 1.62. The molecule has 1 aromatic rings. The van der Waals surface area contributed by atoms with Crippen LogP contribution in [0.1, 0.15) is 11.1 Å². The van der Waals surface area contributed by atoms with Crippen molar-refractivity contribution in [3.8, 4) is 6.07 Å². The van der Waals surface area contributed by atoms with Crippen LogP contribution in [-0.2, 0) is 6.42 Å². The van der Waals surface area contributed by atoms with Crippen LogP contribution >= 0.6 is 0 Å². The number of aliphatic hydroxyl groups excluding tert-OH is 1. The fraction of sp³-hybridized carbons (Fsp3) is 0.333. The molecule has 0 aromatic heterocycles. The standard InChI is InChI=1S/C12H15N3O2/c13-9-11-3-1-2-10(8-11)4-5-14-12(17)15-6-7-16/h1-3,8,16H,4-7H2,(H2,14,15,17). The second-order valence-electron chi connectivity index (χ2n) is 3.47. The molecule has 0 aliphatic rings. The van der Waals surface area contributed by atoms with Gasteiger partial charge in [0.2, 0.25) is 0 Å². The van der Waals surface area contributed by atoms with E-state index in [0.717, 1.165) is 5.56 Å². The number of nitrogens with one attached hydrogen (secondary N) is 2. The van der Waals surface area contributed by atoms with Gasteiger partial charge in [-0.3, -0.25) is 0 Å². The Morgan fingerprint density at radius 1 is 1.35 bits per heavy atom. The van der Waals surface area contributed by atoms with Crippen LogP contribution in [0.4, 0.5) is 4.79 Å². The second kappa shape index (κ2) is 7.25. The predicted octanol–water partition coefficient (Wildman–Crippen LogP) is 0.392. The molecule has 0 aliphatic heterocycles. The number of urea groups is 1. The normalized spacial score (nSPS) is 9.41. The lowest BCUT2D eigenvalue weighted by molar-refractivity contribution is 0.234. The van der Waals surface area contributed by atoms with Crippen LogP contribution in [0, 0.1) is 11.3 Å². The molecule has 0 saturated heterocycles. The van der Waals surface area contributed by atoms with E-state index in [4.69, 9.17) is 10.4 Å². The van der Waals surface area contributed by atoms with Crippen LogP contribution in [0.25, 0.3) is 0 Å². The molecule has 90 valence electrons. The van der Waals surface area contributed by atoms with Gasteiger partial charge in [0.1, 0.15) is 0 Å². The van der Waals surface area contributed by atoms with Gasteiger partial charge in [-0.05, 0) is 24.1 Å². The Bertz CT molecular complexity index is 412. The Morgan fingerprint density at radius 3 is 2.82 bits per heavy atom. The average Bonchev–Trinajstić information content (AvgIpc) is 2.36. The van der Waals surface area contributed by atoms with E-state index in [-0.39, 0.29) is 19.2 Å². The van der Waals surface area contributed by atoms with Gasteiger partial charge in [0, 0.05) is 13.1 Å². The minimum atomic E-state index is -0.296. The molecule has 3 N–H and O–H groups in total. The van der Waals surface area contributed by atoms with Gasteiger partial charge in [-0.25, -0.2) is 4.79 Å². The van der Waals surface area contributed by atoms with Crippen LogP contribution in [0.3, 0.4) is 0 Å². The van der Waals surface area contributed by atoms with E-state index in [1.54, 1.807) is 12.1 Å². The first-order chi connectivity index (χ1) is 8.26. The summed E-state index contributed by atoms with van der Waals surface area (Å²) in [6, 6.07) is 9.04. The highest BCUT2D eigenvalue weighted by Gasteiger charge is 1.99. The zero-order valence-electron chi connectivity index (χ0n) is 9.44. The van der Waals surface area contributed by atoms with Gasteiger partial charge in [0.25, 0.3) is 0 Å². The molecule has 5 nitrogen and oxygen atoms in total. The number of nitriles is 1. The number of hydrogen-bond acceptors (Lipinski definition) is 3. The highest BCUT2D eigenvalue weighted by atomic mass is 16.3. The molecule has 0 unspecified atom stereocenters. The monoisotopic (exact) mass is 233 g/mol. The first-order valence-corrected chi connectivity index (χ1v) is 5.38. The van der Waals surface area contributed by atoms with Crippen LogP contribution in [0.15, 0.2) is 24.3 Å². The zero-order valence-corrected chi connectivity index (χ0v) is 9.44. The largest absolute Gasteiger partial charge is 0.395 e. The van der Waals surface area contributed by atoms with Gasteiger partial charge in [0.05, 0.1) is 18.2 Å². The lowest BCUT2D eigenvalue weighted by atomic mass is 10.1. The number of hydrogen-bond donors (Lipinski definition) is 3. The van der Waals surface area contributed by atoms with Crippen molar-refractivity contribution >= 4 is 6.03 Å². The SMILES string of the molecule is N#Cc1cccc(CCNC(=O)NCCO)c1. The molecule has 0 radical (unpaired) electrons. The van der Waals surface area contributed by atoms with Gasteiger partial charge >= 0.3 is 6.03 Å². The second-order valence-corrected chi connectivity index (χ2v) is 3.47. The molecule has 17 heavy (non-hydrogen) atoms. The highest BCUT2D eigenvalue weighted by Crippen LogP contribution is 2.04. The number of amides is 2. The van der Waals surface area contributed by atoms with E-state index in [2.05, 4.69) is 16.7 Å². The van der Waals surface area contributed by atoms with Crippen LogP contribution in [-0.4, -0.2) is 30.8 Å². The molecule has 2 amide bonds. The molecule has 0 spiro atoms. The molecular formula is C12H15N3O2. The summed E-state index contributed by atoms with van der Waals surface area (Å²) in [6.45, 7) is 0.666. The Balaban J connectivity index is 2.31. The quantitative estimate of drug-likeness (QED) is 0.687. The minimum absolute atomic E-state index is 0.0718. The maximum absolute atomic E-state index is 11.1. The summed E-state index contributed by atoms with van der Waals surface area (Å²) in [6.07, 6.45) is 0.669. The van der Waals surface area contributed by atoms with Crippen molar-refractivity contribution in [2.45, 2.75) is 6.42 Å². The molecule has 0 aliphatic carbocycles. The third kappa shape index (κ3) is 5.00. The Kier molecular flexibility index (Phi) is 5.55. The van der Waals surface area contributed by atoms with Gasteiger partial charge in [-0.1, -0.05) is 12.1 Å². The van der Waals surface area contributed by atoms with Crippen molar-refractivity contribution in [3.05, 3.63) is 35.4 Å². The molecule has 5 heteroatoms. The van der Waals surface area contributed by atoms with Gasteiger partial charge in [0.15, 0.2) is 0 Å². The Labute approximate surface area is 100 Å². The average molecular weight is 233 g/mol. The maximum atomic E-state index is 11.1. The first-order valence-electron chi connectivity index (χ1n) is 5.38. The minimum Gasteiger partial charge on any atom is -0.395 e. The van der Waals surface area contributed by atoms with Crippen molar-refractivity contribution < 1.29 is 9.90 Å². The van der Waals surface area contributed by atoms with Crippen molar-refractivity contribution in [2.24, 2.45) is 0 Å². The predicted molar refractivity (Wildman–Crippen MR) is 63.3 cm³/mol. The Hall–Kier alpha value is -2.06. The van der Waals surface area contributed by atoms with Crippen molar-refractivity contribution in [1.82, 2.24) is 10.6 Å². The van der Waals surface area contributed by atoms with E-state index < -0.39 is 0 Å². The third-order valence-corrected chi connectivity index (χ3v) is 2.15. The fourth-order valence-electron chi connectivity index (χ4n) is 1.35. The summed E-state index contributed by atoms with van der Waals surface area (Å²) in [7, 11) is 0. The molecular weight excluding hydrogens is 218 g/mol. The number of benzene rings is 1. The van der Waals surface area contributed by atoms with Crippen molar-refractivity contribution in [3.63, 3.8) is 0 Å². The third-order valence-electron chi connectivity index (χ3n) is 2.15. The first kappa shape index (κ1) is 13.0. The number of aliphatic hydroxyl groups is 1.